The number of hydrogen-bond donors (Lipinski definition) is 0. The van der Waals surface area contributed by atoms with Crippen LogP contribution in [0.15, 0.2) is 12.1 Å². The second kappa shape index (κ2) is 2.52. The highest BCUT2D eigenvalue weighted by molar-refractivity contribution is 5.28. The van der Waals surface area contributed by atoms with Crippen molar-refractivity contribution in [3.05, 3.63) is 34.9 Å². The summed E-state index contributed by atoms with van der Waals surface area (Å²) in [5.41, 5.74) is 0.662. The zero-order valence-electron chi connectivity index (χ0n) is 6.60. The Kier molecular flexibility index (Phi) is 1.61. The fourth-order valence-corrected chi connectivity index (χ4v) is 1.23. The SMILES string of the molecule is Cc1cc(F)c(C2CO2)c(F)c1. The first kappa shape index (κ1) is 7.68. The van der Waals surface area contributed by atoms with Gasteiger partial charge in [-0.2, -0.15) is 0 Å². The number of ether oxygens (including phenoxy) is 1. The molecule has 0 radical (unpaired) electrons. The van der Waals surface area contributed by atoms with Gasteiger partial charge < -0.3 is 4.74 Å². The molecule has 1 fully saturated rings. The first-order chi connectivity index (χ1) is 5.68. The molecule has 2 rings (SSSR count). The van der Waals surface area contributed by atoms with E-state index in [2.05, 4.69) is 0 Å². The van der Waals surface area contributed by atoms with Gasteiger partial charge in [-0.15, -0.1) is 0 Å². The molecule has 1 aliphatic rings. The van der Waals surface area contributed by atoms with Gasteiger partial charge in [-0.25, -0.2) is 8.78 Å². The van der Waals surface area contributed by atoms with Crippen LogP contribution in [-0.2, 0) is 4.74 Å². The second-order valence-corrected chi connectivity index (χ2v) is 2.96. The van der Waals surface area contributed by atoms with Crippen molar-refractivity contribution in [1.82, 2.24) is 0 Å². The van der Waals surface area contributed by atoms with Crippen LogP contribution in [0.3, 0.4) is 0 Å². The third kappa shape index (κ3) is 1.20. The lowest BCUT2D eigenvalue weighted by Crippen LogP contribution is -1.94. The molecule has 1 atom stereocenters. The molecule has 0 saturated carbocycles. The Balaban J connectivity index is 2.51. The van der Waals surface area contributed by atoms with Gasteiger partial charge in [0.25, 0.3) is 0 Å². The number of aryl methyl sites for hydroxylation is 1. The summed E-state index contributed by atoms with van der Waals surface area (Å²) in [5.74, 6) is -1.01. The van der Waals surface area contributed by atoms with Crippen LogP contribution >= 0.6 is 0 Å². The van der Waals surface area contributed by atoms with Crippen LogP contribution < -0.4 is 0 Å². The van der Waals surface area contributed by atoms with Crippen LogP contribution in [-0.4, -0.2) is 6.61 Å². The average Bonchev–Trinajstić information content (AvgIpc) is 2.68. The molecule has 0 aliphatic carbocycles. The fourth-order valence-electron chi connectivity index (χ4n) is 1.23. The molecule has 1 aliphatic heterocycles. The summed E-state index contributed by atoms with van der Waals surface area (Å²) >= 11 is 0. The molecule has 1 aromatic carbocycles. The summed E-state index contributed by atoms with van der Waals surface area (Å²) in [6.45, 7) is 2.08. The second-order valence-electron chi connectivity index (χ2n) is 2.96. The van der Waals surface area contributed by atoms with Crippen LogP contribution in [0.1, 0.15) is 17.2 Å². The van der Waals surface area contributed by atoms with Gasteiger partial charge in [0.05, 0.1) is 12.2 Å². The lowest BCUT2D eigenvalue weighted by molar-refractivity contribution is 0.397. The van der Waals surface area contributed by atoms with Gasteiger partial charge in [0.2, 0.25) is 0 Å². The van der Waals surface area contributed by atoms with E-state index in [9.17, 15) is 8.78 Å². The monoisotopic (exact) mass is 170 g/mol. The van der Waals surface area contributed by atoms with Crippen molar-refractivity contribution in [3.8, 4) is 0 Å². The van der Waals surface area contributed by atoms with Crippen LogP contribution in [0.5, 0.6) is 0 Å². The standard InChI is InChI=1S/C9H8F2O/c1-5-2-6(10)9(7(11)3-5)8-4-12-8/h2-3,8H,4H2,1H3. The minimum absolute atomic E-state index is 0.0700. The largest absolute Gasteiger partial charge is 0.368 e. The topological polar surface area (TPSA) is 12.5 Å². The summed E-state index contributed by atoms with van der Waals surface area (Å²) < 4.78 is 31.0. The lowest BCUT2D eigenvalue weighted by Gasteiger charge is -2.01. The van der Waals surface area contributed by atoms with Crippen molar-refractivity contribution in [1.29, 1.82) is 0 Å². The Morgan fingerprint density at radius 3 is 2.25 bits per heavy atom. The lowest BCUT2D eigenvalue weighted by atomic mass is 10.1. The zero-order chi connectivity index (χ0) is 8.72. The Bertz CT molecular complexity index is 295. The molecule has 0 bridgehead atoms. The normalized spacial score (nSPS) is 21.1. The molecule has 3 heteroatoms. The molecule has 0 aromatic heterocycles. The Morgan fingerprint density at radius 2 is 1.83 bits per heavy atom. The van der Waals surface area contributed by atoms with E-state index in [1.165, 1.54) is 12.1 Å². The Morgan fingerprint density at radius 1 is 1.33 bits per heavy atom. The van der Waals surface area contributed by atoms with E-state index in [1.807, 2.05) is 0 Å². The van der Waals surface area contributed by atoms with Crippen molar-refractivity contribution in [3.63, 3.8) is 0 Å². The number of benzene rings is 1. The van der Waals surface area contributed by atoms with Crippen molar-refractivity contribution >= 4 is 0 Å². The summed E-state index contributed by atoms with van der Waals surface area (Å²) in [6.07, 6.45) is -0.356. The maximum Gasteiger partial charge on any atom is 0.132 e. The molecule has 0 amide bonds. The average molecular weight is 170 g/mol. The van der Waals surface area contributed by atoms with E-state index >= 15 is 0 Å². The first-order valence-corrected chi connectivity index (χ1v) is 3.75. The van der Waals surface area contributed by atoms with Gasteiger partial charge in [-0.05, 0) is 24.6 Å². The van der Waals surface area contributed by atoms with Crippen LogP contribution in [0.25, 0.3) is 0 Å². The highest BCUT2D eigenvalue weighted by Gasteiger charge is 2.31. The minimum atomic E-state index is -0.505. The molecule has 0 spiro atoms. The third-order valence-electron chi connectivity index (χ3n) is 1.88. The number of halogens is 2. The first-order valence-electron chi connectivity index (χ1n) is 3.75. The molecule has 1 nitrogen and oxygen atoms in total. The van der Waals surface area contributed by atoms with E-state index in [-0.39, 0.29) is 11.7 Å². The third-order valence-corrected chi connectivity index (χ3v) is 1.88. The zero-order valence-corrected chi connectivity index (χ0v) is 6.60. The predicted octanol–water partition coefficient (Wildman–Crippen LogP) is 2.34. The summed E-state index contributed by atoms with van der Waals surface area (Å²) in [4.78, 5) is 0. The van der Waals surface area contributed by atoms with E-state index < -0.39 is 11.6 Å². The molecule has 12 heavy (non-hydrogen) atoms. The molecule has 1 aromatic rings. The molecule has 1 unspecified atom stereocenters. The Labute approximate surface area is 69.0 Å². The maximum atomic E-state index is 13.1. The van der Waals surface area contributed by atoms with Gasteiger partial charge in [-0.1, -0.05) is 0 Å². The molecular weight excluding hydrogens is 162 g/mol. The molecule has 64 valence electrons. The van der Waals surface area contributed by atoms with Crippen molar-refractivity contribution in [2.24, 2.45) is 0 Å². The number of rotatable bonds is 1. The van der Waals surface area contributed by atoms with E-state index in [0.29, 0.717) is 12.2 Å². The van der Waals surface area contributed by atoms with Gasteiger partial charge >= 0.3 is 0 Å². The van der Waals surface area contributed by atoms with Crippen LogP contribution in [0.2, 0.25) is 0 Å². The molecule has 0 N–H and O–H groups in total. The van der Waals surface area contributed by atoms with Gasteiger partial charge in [0.1, 0.15) is 17.7 Å². The van der Waals surface area contributed by atoms with Gasteiger partial charge in [0, 0.05) is 0 Å². The summed E-state index contributed by atoms with van der Waals surface area (Å²) in [6, 6.07) is 2.64. The minimum Gasteiger partial charge on any atom is -0.368 e. The maximum absolute atomic E-state index is 13.1. The highest BCUT2D eigenvalue weighted by Crippen LogP contribution is 2.33. The van der Waals surface area contributed by atoms with Crippen molar-refractivity contribution in [2.75, 3.05) is 6.61 Å². The van der Waals surface area contributed by atoms with Gasteiger partial charge in [0.15, 0.2) is 0 Å². The predicted molar refractivity (Wildman–Crippen MR) is 39.8 cm³/mol. The smallest absolute Gasteiger partial charge is 0.132 e. The Hall–Kier alpha value is -0.960. The number of hydrogen-bond acceptors (Lipinski definition) is 1. The van der Waals surface area contributed by atoms with E-state index in [0.717, 1.165) is 0 Å². The summed E-state index contributed by atoms with van der Waals surface area (Å²) in [5, 5.41) is 0. The summed E-state index contributed by atoms with van der Waals surface area (Å²) in [7, 11) is 0. The van der Waals surface area contributed by atoms with Crippen molar-refractivity contribution in [2.45, 2.75) is 13.0 Å². The van der Waals surface area contributed by atoms with E-state index in [4.69, 9.17) is 4.74 Å². The number of epoxide rings is 1. The van der Waals surface area contributed by atoms with E-state index in [1.54, 1.807) is 6.92 Å². The molecule has 1 saturated heterocycles. The van der Waals surface area contributed by atoms with Crippen molar-refractivity contribution < 1.29 is 13.5 Å². The molecular formula is C9H8F2O. The highest BCUT2D eigenvalue weighted by atomic mass is 19.1. The van der Waals surface area contributed by atoms with Crippen LogP contribution in [0, 0.1) is 18.6 Å². The molecule has 1 heterocycles. The van der Waals surface area contributed by atoms with Crippen LogP contribution in [0.4, 0.5) is 8.78 Å². The fraction of sp³-hybridized carbons (Fsp3) is 0.333. The van der Waals surface area contributed by atoms with Gasteiger partial charge in [-0.3, -0.25) is 0 Å². The quantitative estimate of drug-likeness (QED) is 0.589.